The number of nitrogens with one attached hydrogen (secondary N) is 2. The summed E-state index contributed by atoms with van der Waals surface area (Å²) in [6.45, 7) is 8.19. The quantitative estimate of drug-likeness (QED) is 0.752. The number of hydrogen-bond donors (Lipinski definition) is 2. The number of urea groups is 1. The zero-order chi connectivity index (χ0) is 22.9. The van der Waals surface area contributed by atoms with Crippen LogP contribution >= 0.6 is 0 Å². The van der Waals surface area contributed by atoms with E-state index < -0.39 is 12.2 Å². The largest absolute Gasteiger partial charge is 0.356 e. The van der Waals surface area contributed by atoms with E-state index in [4.69, 9.17) is 4.99 Å². The van der Waals surface area contributed by atoms with Gasteiger partial charge in [0.25, 0.3) is 5.91 Å². The Labute approximate surface area is 189 Å². The van der Waals surface area contributed by atoms with Crippen molar-refractivity contribution in [2.75, 3.05) is 30.4 Å². The van der Waals surface area contributed by atoms with Gasteiger partial charge >= 0.3 is 6.03 Å². The van der Waals surface area contributed by atoms with Crippen LogP contribution in [0, 0.1) is 12.3 Å². The molecule has 2 aliphatic heterocycles. The Hall–Kier alpha value is -3.35. The van der Waals surface area contributed by atoms with Gasteiger partial charge in [-0.3, -0.25) is 4.79 Å². The first-order chi connectivity index (χ1) is 15.2. The summed E-state index contributed by atoms with van der Waals surface area (Å²) in [4.78, 5) is 34.7. The van der Waals surface area contributed by atoms with E-state index in [2.05, 4.69) is 29.4 Å². The summed E-state index contributed by atoms with van der Waals surface area (Å²) in [7, 11) is 1.73. The fourth-order valence-corrected chi connectivity index (χ4v) is 4.47. The van der Waals surface area contributed by atoms with Crippen LogP contribution in [0.25, 0.3) is 0 Å². The monoisotopic (exact) mass is 433 g/mol. The maximum atomic E-state index is 13.3. The minimum atomic E-state index is -1.02. The molecule has 168 valence electrons. The summed E-state index contributed by atoms with van der Waals surface area (Å²) in [5.74, 6) is 0.482. The molecule has 2 aliphatic rings. The number of likely N-dealkylation sites (tertiary alicyclic amines) is 1. The molecule has 1 unspecified atom stereocenters. The number of hydrogen-bond acceptors (Lipinski definition) is 4. The van der Waals surface area contributed by atoms with Gasteiger partial charge in [-0.2, -0.15) is 0 Å². The predicted octanol–water partition coefficient (Wildman–Crippen LogP) is 3.99. The molecule has 2 heterocycles. The molecule has 0 saturated carbocycles. The van der Waals surface area contributed by atoms with Crippen molar-refractivity contribution in [2.45, 2.75) is 39.8 Å². The number of nitrogens with zero attached hydrogens (tertiary/aromatic N) is 3. The number of aliphatic imine (C=N–C) groups is 1. The van der Waals surface area contributed by atoms with Crippen molar-refractivity contribution >= 4 is 29.1 Å². The lowest BCUT2D eigenvalue weighted by atomic mass is 9.84. The van der Waals surface area contributed by atoms with Crippen LogP contribution < -0.4 is 15.5 Å². The fourth-order valence-electron chi connectivity index (χ4n) is 4.47. The Balaban J connectivity index is 1.66. The highest BCUT2D eigenvalue weighted by Crippen LogP contribution is 2.32. The van der Waals surface area contributed by atoms with Crippen LogP contribution in [0.2, 0.25) is 0 Å². The van der Waals surface area contributed by atoms with Gasteiger partial charge in [-0.15, -0.1) is 0 Å². The summed E-state index contributed by atoms with van der Waals surface area (Å²) in [5, 5.41) is 5.59. The lowest BCUT2D eigenvalue weighted by Crippen LogP contribution is -2.48. The molecule has 7 heteroatoms. The smallest absolute Gasteiger partial charge is 0.321 e. The molecule has 7 nitrogen and oxygen atoms in total. The number of fused-ring (bicyclic) bond motifs is 1. The summed E-state index contributed by atoms with van der Waals surface area (Å²) in [6, 6.07) is 14.9. The van der Waals surface area contributed by atoms with Gasteiger partial charge in [0, 0.05) is 31.4 Å². The minimum Gasteiger partial charge on any atom is -0.356 e. The third-order valence-electron chi connectivity index (χ3n) is 6.07. The molecule has 32 heavy (non-hydrogen) atoms. The number of benzodiazepines with no additional fused rings is 1. The highest BCUT2D eigenvalue weighted by Gasteiger charge is 2.35. The molecule has 0 aromatic heterocycles. The molecule has 3 amide bonds. The van der Waals surface area contributed by atoms with Crippen molar-refractivity contribution in [2.24, 2.45) is 10.4 Å². The maximum Gasteiger partial charge on any atom is 0.321 e. The molecular weight excluding hydrogens is 402 g/mol. The van der Waals surface area contributed by atoms with E-state index in [9.17, 15) is 9.59 Å². The van der Waals surface area contributed by atoms with E-state index in [1.807, 2.05) is 55.5 Å². The summed E-state index contributed by atoms with van der Waals surface area (Å²) in [5.41, 5.74) is 3.56. The molecule has 1 fully saturated rings. The van der Waals surface area contributed by atoms with E-state index >= 15 is 0 Å². The molecule has 0 radical (unpaired) electrons. The standard InChI is InChI=1S/C25H31N5O2/c1-17-9-7-10-18(15-17)26-24(32)28-21-23(31)29(4)20-12-6-5-11-19(20)22(27-21)30-14-8-13-25(2,3)16-30/h5-7,9-12,15,21H,8,13-14,16H2,1-4H3,(H2,26,28,32). The van der Waals surface area contributed by atoms with Crippen LogP contribution in [0.3, 0.4) is 0 Å². The Bertz CT molecular complexity index is 1060. The van der Waals surface area contributed by atoms with E-state index in [-0.39, 0.29) is 11.3 Å². The van der Waals surface area contributed by atoms with E-state index in [0.717, 1.165) is 48.6 Å². The highest BCUT2D eigenvalue weighted by molar-refractivity contribution is 6.12. The summed E-state index contributed by atoms with van der Waals surface area (Å²) >= 11 is 0. The van der Waals surface area contributed by atoms with Crippen molar-refractivity contribution < 1.29 is 9.59 Å². The number of amidine groups is 1. The third kappa shape index (κ3) is 4.61. The predicted molar refractivity (Wildman–Crippen MR) is 128 cm³/mol. The van der Waals surface area contributed by atoms with Crippen molar-refractivity contribution in [1.82, 2.24) is 10.2 Å². The first-order valence-electron chi connectivity index (χ1n) is 11.1. The van der Waals surface area contributed by atoms with Crippen LogP contribution in [0.5, 0.6) is 0 Å². The topological polar surface area (TPSA) is 77.0 Å². The second-order valence-corrected chi connectivity index (χ2v) is 9.43. The number of para-hydroxylation sites is 1. The van der Waals surface area contributed by atoms with Crippen molar-refractivity contribution in [3.05, 3.63) is 59.7 Å². The first kappa shape index (κ1) is 21.9. The van der Waals surface area contributed by atoms with Gasteiger partial charge in [0.1, 0.15) is 5.84 Å². The van der Waals surface area contributed by atoms with Crippen molar-refractivity contribution in [3.8, 4) is 0 Å². The van der Waals surface area contributed by atoms with Crippen LogP contribution in [-0.4, -0.2) is 49.0 Å². The number of aryl methyl sites for hydroxylation is 1. The fraction of sp³-hybridized carbons (Fsp3) is 0.400. The minimum absolute atomic E-state index is 0.156. The normalized spacial score (nSPS) is 20.2. The zero-order valence-electron chi connectivity index (χ0n) is 19.2. The van der Waals surface area contributed by atoms with Gasteiger partial charge in [0.15, 0.2) is 0 Å². The number of carbonyl (C=O) groups excluding carboxylic acids is 2. The maximum absolute atomic E-state index is 13.3. The summed E-state index contributed by atoms with van der Waals surface area (Å²) < 4.78 is 0. The molecule has 2 aromatic rings. The van der Waals surface area contributed by atoms with Crippen LogP contribution in [0.1, 0.15) is 37.8 Å². The molecule has 0 spiro atoms. The molecule has 4 rings (SSSR count). The second kappa shape index (κ2) is 8.65. The van der Waals surface area contributed by atoms with Crippen molar-refractivity contribution in [3.63, 3.8) is 0 Å². The number of anilines is 2. The SMILES string of the molecule is Cc1cccc(NC(=O)NC2N=C(N3CCCC(C)(C)C3)c3ccccc3N(C)C2=O)c1. The van der Waals surface area contributed by atoms with Crippen molar-refractivity contribution in [1.29, 1.82) is 0 Å². The first-order valence-corrected chi connectivity index (χ1v) is 11.1. The number of piperidine rings is 1. The number of rotatable bonds is 2. The Morgan fingerprint density at radius 3 is 2.69 bits per heavy atom. The number of amides is 3. The average molecular weight is 434 g/mol. The zero-order valence-corrected chi connectivity index (χ0v) is 19.2. The Kier molecular flexibility index (Phi) is 5.91. The summed E-state index contributed by atoms with van der Waals surface area (Å²) in [6.07, 6.45) is 1.19. The third-order valence-corrected chi connectivity index (χ3v) is 6.07. The van der Waals surface area contributed by atoms with Gasteiger partial charge in [-0.25, -0.2) is 9.79 Å². The molecule has 2 N–H and O–H groups in total. The second-order valence-electron chi connectivity index (χ2n) is 9.43. The van der Waals surface area contributed by atoms with Gasteiger partial charge in [0.2, 0.25) is 6.17 Å². The van der Waals surface area contributed by atoms with Gasteiger partial charge in [-0.05, 0) is 55.0 Å². The van der Waals surface area contributed by atoms with Gasteiger partial charge in [-0.1, -0.05) is 38.1 Å². The Morgan fingerprint density at radius 2 is 1.94 bits per heavy atom. The van der Waals surface area contributed by atoms with Gasteiger partial charge in [0.05, 0.1) is 5.69 Å². The average Bonchev–Trinajstić information content (AvgIpc) is 2.84. The number of carbonyl (C=O) groups is 2. The lowest BCUT2D eigenvalue weighted by molar-refractivity contribution is -0.119. The number of benzene rings is 2. The Morgan fingerprint density at radius 1 is 1.16 bits per heavy atom. The van der Waals surface area contributed by atoms with Crippen LogP contribution in [0.15, 0.2) is 53.5 Å². The van der Waals surface area contributed by atoms with E-state index in [0.29, 0.717) is 5.69 Å². The molecule has 0 bridgehead atoms. The molecule has 1 atom stereocenters. The molecule has 2 aromatic carbocycles. The van der Waals surface area contributed by atoms with Gasteiger partial charge < -0.3 is 20.4 Å². The van der Waals surface area contributed by atoms with Crippen LogP contribution in [0.4, 0.5) is 16.2 Å². The van der Waals surface area contributed by atoms with Crippen LogP contribution in [-0.2, 0) is 4.79 Å². The van der Waals surface area contributed by atoms with E-state index in [1.165, 1.54) is 0 Å². The number of likely N-dealkylation sites (N-methyl/N-ethyl adjacent to an activating group) is 1. The molecule has 0 aliphatic carbocycles. The lowest BCUT2D eigenvalue weighted by Gasteiger charge is -2.40. The molecular formula is C25H31N5O2. The highest BCUT2D eigenvalue weighted by atomic mass is 16.2. The van der Waals surface area contributed by atoms with E-state index in [1.54, 1.807) is 11.9 Å². The molecule has 1 saturated heterocycles.